The Bertz CT molecular complexity index is 1590. The van der Waals surface area contributed by atoms with E-state index in [1.54, 1.807) is 43.3 Å². The molecule has 0 spiro atoms. The quantitative estimate of drug-likeness (QED) is 0.174. The minimum atomic E-state index is -3.90. The second-order valence-electron chi connectivity index (χ2n) is 9.94. The molecule has 0 aromatic heterocycles. The Morgan fingerprint density at radius 1 is 0.905 bits per heavy atom. The summed E-state index contributed by atoms with van der Waals surface area (Å²) in [5.41, 5.74) is 2.80. The molecule has 7 nitrogen and oxygen atoms in total. The molecular formula is C33H34ClNO6S. The van der Waals surface area contributed by atoms with Crippen LogP contribution in [0.3, 0.4) is 0 Å². The first-order valence-corrected chi connectivity index (χ1v) is 15.6. The average Bonchev–Trinajstić information content (AvgIpc) is 2.98. The Morgan fingerprint density at radius 3 is 2.29 bits per heavy atom. The van der Waals surface area contributed by atoms with Gasteiger partial charge in [-0.15, -0.1) is 0 Å². The number of phenols is 1. The van der Waals surface area contributed by atoms with E-state index < -0.39 is 27.7 Å². The summed E-state index contributed by atoms with van der Waals surface area (Å²) >= 11 is 6.13. The van der Waals surface area contributed by atoms with Gasteiger partial charge in [-0.05, 0) is 85.5 Å². The molecule has 0 radical (unpaired) electrons. The van der Waals surface area contributed by atoms with Gasteiger partial charge in [-0.2, -0.15) is 0 Å². The van der Waals surface area contributed by atoms with Gasteiger partial charge >= 0.3 is 5.97 Å². The maximum Gasteiger partial charge on any atom is 0.341 e. The highest BCUT2D eigenvalue weighted by molar-refractivity contribution is 7.91. The van der Waals surface area contributed by atoms with Crippen molar-refractivity contribution >= 4 is 27.4 Å². The van der Waals surface area contributed by atoms with E-state index in [2.05, 4.69) is 17.0 Å². The van der Waals surface area contributed by atoms with Crippen molar-refractivity contribution in [3.05, 3.63) is 124 Å². The number of phenolic OH excluding ortho intramolecular Hbond substituents is 1. The molecule has 0 saturated heterocycles. The van der Waals surface area contributed by atoms with Gasteiger partial charge in [0.2, 0.25) is 9.84 Å². The molecule has 0 fully saturated rings. The van der Waals surface area contributed by atoms with Gasteiger partial charge in [0.25, 0.3) is 0 Å². The molecule has 0 amide bonds. The molecule has 2 N–H and O–H groups in total. The van der Waals surface area contributed by atoms with Crippen LogP contribution >= 0.6 is 11.6 Å². The summed E-state index contributed by atoms with van der Waals surface area (Å²) in [6.45, 7) is 3.62. The van der Waals surface area contributed by atoms with Crippen LogP contribution in [0.4, 0.5) is 0 Å². The van der Waals surface area contributed by atoms with Crippen LogP contribution in [0.5, 0.6) is 5.75 Å². The highest BCUT2D eigenvalue weighted by Gasteiger charge is 2.21. The third-order valence-corrected chi connectivity index (χ3v) is 8.86. The lowest BCUT2D eigenvalue weighted by Gasteiger charge is -2.25. The second kappa shape index (κ2) is 14.5. The average molecular weight is 608 g/mol. The van der Waals surface area contributed by atoms with Crippen LogP contribution < -0.4 is 0 Å². The van der Waals surface area contributed by atoms with Crippen molar-refractivity contribution in [2.24, 2.45) is 0 Å². The largest absolute Gasteiger partial charge is 0.507 e. The number of ether oxygens (including phenoxy) is 1. The number of aliphatic hydroxyl groups is 1. The third kappa shape index (κ3) is 8.20. The molecule has 9 heteroatoms. The first-order chi connectivity index (χ1) is 20.2. The first kappa shape index (κ1) is 31.3. The molecule has 4 aromatic carbocycles. The lowest BCUT2D eigenvalue weighted by Crippen LogP contribution is -2.29. The van der Waals surface area contributed by atoms with Crippen LogP contribution in [0.2, 0.25) is 5.02 Å². The Kier molecular flexibility index (Phi) is 10.8. The van der Waals surface area contributed by atoms with Crippen LogP contribution in [0.25, 0.3) is 0 Å². The van der Waals surface area contributed by atoms with E-state index in [0.717, 1.165) is 35.7 Å². The summed E-state index contributed by atoms with van der Waals surface area (Å²) < 4.78 is 31.2. The standard InChI is InChI=1S/C33H34ClNO6S/c1-2-41-33(38)30-18-17-29(21-31(30)36)42(39,40)28-15-13-24(14-16-28)10-7-19-35(22-25-8-4-3-5-9-25)23-32(37)26-11-6-12-27(34)20-26/h3-6,8-9,11-18,20-21,32,36-37H,2,7,10,19,22-23H2,1H3/t32-/m1/s1. The number of hydrogen-bond donors (Lipinski definition) is 2. The van der Waals surface area contributed by atoms with E-state index in [1.807, 2.05) is 30.3 Å². The molecule has 4 aromatic rings. The highest BCUT2D eigenvalue weighted by atomic mass is 35.5. The van der Waals surface area contributed by atoms with Gasteiger partial charge in [-0.25, -0.2) is 13.2 Å². The van der Waals surface area contributed by atoms with Crippen molar-refractivity contribution in [3.8, 4) is 5.75 Å². The normalized spacial score (nSPS) is 12.3. The monoisotopic (exact) mass is 607 g/mol. The van der Waals surface area contributed by atoms with Gasteiger partial charge in [0.15, 0.2) is 0 Å². The summed E-state index contributed by atoms with van der Waals surface area (Å²) in [6, 6.07) is 27.6. The number of rotatable bonds is 13. The van der Waals surface area contributed by atoms with Crippen LogP contribution in [0.15, 0.2) is 107 Å². The number of sulfone groups is 1. The molecule has 0 aliphatic carbocycles. The van der Waals surface area contributed by atoms with Crippen molar-refractivity contribution in [3.63, 3.8) is 0 Å². The highest BCUT2D eigenvalue weighted by Crippen LogP contribution is 2.28. The second-order valence-corrected chi connectivity index (χ2v) is 12.3. The van der Waals surface area contributed by atoms with Gasteiger partial charge in [0.1, 0.15) is 11.3 Å². The number of aromatic hydroxyl groups is 1. The fraction of sp³-hybridized carbons (Fsp3) is 0.242. The zero-order valence-electron chi connectivity index (χ0n) is 23.3. The van der Waals surface area contributed by atoms with Crippen molar-refractivity contribution in [2.45, 2.75) is 42.2 Å². The zero-order valence-corrected chi connectivity index (χ0v) is 24.9. The van der Waals surface area contributed by atoms with E-state index in [9.17, 15) is 23.4 Å². The van der Waals surface area contributed by atoms with Gasteiger partial charge in [-0.1, -0.05) is 66.2 Å². The predicted molar refractivity (Wildman–Crippen MR) is 162 cm³/mol. The number of nitrogens with zero attached hydrogens (tertiary/aromatic N) is 1. The van der Waals surface area contributed by atoms with E-state index in [4.69, 9.17) is 16.3 Å². The van der Waals surface area contributed by atoms with Gasteiger partial charge < -0.3 is 14.9 Å². The molecule has 0 bridgehead atoms. The van der Waals surface area contributed by atoms with Crippen LogP contribution in [0.1, 0.15) is 46.5 Å². The molecule has 4 rings (SSSR count). The SMILES string of the molecule is CCOC(=O)c1ccc(S(=O)(=O)c2ccc(CCCN(Cc3ccccc3)C[C@@H](O)c3cccc(Cl)c3)cc2)cc1O. The Balaban J connectivity index is 1.40. The van der Waals surface area contributed by atoms with Crippen molar-refractivity contribution in [2.75, 3.05) is 19.7 Å². The predicted octanol–water partition coefficient (Wildman–Crippen LogP) is 6.22. The topological polar surface area (TPSA) is 104 Å². The van der Waals surface area contributed by atoms with Crippen molar-refractivity contribution in [1.82, 2.24) is 4.90 Å². The maximum absolute atomic E-state index is 13.2. The molecule has 0 aliphatic rings. The molecule has 0 aliphatic heterocycles. The summed E-state index contributed by atoms with van der Waals surface area (Å²) in [5, 5.41) is 21.7. The van der Waals surface area contributed by atoms with Crippen LogP contribution in [-0.2, 0) is 27.5 Å². The van der Waals surface area contributed by atoms with Crippen molar-refractivity contribution < 1.29 is 28.2 Å². The lowest BCUT2D eigenvalue weighted by molar-refractivity contribution is 0.0523. The van der Waals surface area contributed by atoms with E-state index in [0.29, 0.717) is 24.5 Å². The summed E-state index contributed by atoms with van der Waals surface area (Å²) in [7, 11) is -3.90. The summed E-state index contributed by atoms with van der Waals surface area (Å²) in [6.07, 6.45) is 0.820. The first-order valence-electron chi connectivity index (χ1n) is 13.7. The number of hydrogen-bond acceptors (Lipinski definition) is 7. The molecule has 220 valence electrons. The minimum absolute atomic E-state index is 0.0879. The van der Waals surface area contributed by atoms with E-state index in [1.165, 1.54) is 12.1 Å². The van der Waals surface area contributed by atoms with Gasteiger partial charge in [0.05, 0.1) is 22.5 Å². The maximum atomic E-state index is 13.2. The fourth-order valence-corrected chi connectivity index (χ4v) is 6.16. The minimum Gasteiger partial charge on any atom is -0.507 e. The number of carbonyl (C=O) groups excluding carboxylic acids is 1. The van der Waals surface area contributed by atoms with E-state index in [-0.39, 0.29) is 22.0 Å². The number of aliphatic hydroxyl groups excluding tert-OH is 1. The number of esters is 1. The van der Waals surface area contributed by atoms with E-state index >= 15 is 0 Å². The third-order valence-electron chi connectivity index (χ3n) is 6.86. The van der Waals surface area contributed by atoms with Crippen LogP contribution in [-0.4, -0.2) is 49.2 Å². The number of aryl methyl sites for hydroxylation is 1. The lowest BCUT2D eigenvalue weighted by atomic mass is 10.1. The van der Waals surface area contributed by atoms with Gasteiger partial charge in [0, 0.05) is 18.1 Å². The molecule has 0 unspecified atom stereocenters. The van der Waals surface area contributed by atoms with Crippen LogP contribution in [0, 0.1) is 0 Å². The Labute approximate surface area is 251 Å². The van der Waals surface area contributed by atoms with Gasteiger partial charge in [-0.3, -0.25) is 4.90 Å². The number of carbonyl (C=O) groups is 1. The molecule has 0 heterocycles. The van der Waals surface area contributed by atoms with Crippen molar-refractivity contribution in [1.29, 1.82) is 0 Å². The number of benzene rings is 4. The summed E-state index contributed by atoms with van der Waals surface area (Å²) in [4.78, 5) is 14.1. The smallest absolute Gasteiger partial charge is 0.341 e. The molecular weight excluding hydrogens is 574 g/mol. The number of halogens is 1. The Morgan fingerprint density at radius 2 is 1.62 bits per heavy atom. The zero-order chi connectivity index (χ0) is 30.1. The molecule has 1 atom stereocenters. The summed E-state index contributed by atoms with van der Waals surface area (Å²) in [5.74, 6) is -1.17. The Hall–Kier alpha value is -3.69. The molecule has 0 saturated carbocycles. The fourth-order valence-electron chi connectivity index (χ4n) is 4.68. The molecule has 42 heavy (non-hydrogen) atoms.